The Morgan fingerprint density at radius 2 is 1.08 bits per heavy atom. The van der Waals surface area contributed by atoms with Crippen LogP contribution in [0.5, 0.6) is 0 Å². The largest absolute Gasteiger partial charge is 0.287 e. The van der Waals surface area contributed by atoms with Crippen molar-refractivity contribution in [2.45, 2.75) is 105 Å². The van der Waals surface area contributed by atoms with Crippen molar-refractivity contribution in [2.75, 3.05) is 0 Å². The molecular weight excluding hydrogens is 321 g/mol. The van der Waals surface area contributed by atoms with E-state index in [0.717, 1.165) is 0 Å². The highest BCUT2D eigenvalue weighted by Crippen LogP contribution is 2.36. The van der Waals surface area contributed by atoms with E-state index in [9.17, 15) is 0 Å². The summed E-state index contributed by atoms with van der Waals surface area (Å²) in [6, 6.07) is 4.89. The molecule has 1 nitrogen and oxygen atoms in total. The van der Waals surface area contributed by atoms with Crippen LogP contribution in [0, 0.1) is 0 Å². The smallest absolute Gasteiger partial charge is 0.0524 e. The van der Waals surface area contributed by atoms with Gasteiger partial charge >= 0.3 is 0 Å². The Labute approximate surface area is 158 Å². The lowest BCUT2D eigenvalue weighted by Crippen LogP contribution is -2.30. The number of benzene rings is 1. The number of hydrogen-bond acceptors (Lipinski definition) is 1. The van der Waals surface area contributed by atoms with Crippen LogP contribution >= 0.6 is 8.58 Å². The Kier molecular flexibility index (Phi) is 6.39. The highest BCUT2D eigenvalue weighted by Gasteiger charge is 2.28. The zero-order valence-electron chi connectivity index (χ0n) is 18.7. The predicted molar refractivity (Wildman–Crippen MR) is 119 cm³/mol. The predicted octanol–water partition coefficient (Wildman–Crippen LogP) is 6.71. The molecule has 0 aliphatic heterocycles. The van der Waals surface area contributed by atoms with Crippen LogP contribution in [0.3, 0.4) is 0 Å². The molecule has 0 radical (unpaired) electrons. The second kappa shape index (κ2) is 7.15. The van der Waals surface area contributed by atoms with Crippen LogP contribution in [0.4, 0.5) is 0 Å². The van der Waals surface area contributed by atoms with Gasteiger partial charge in [0.05, 0.1) is 5.54 Å². The van der Waals surface area contributed by atoms with Crippen LogP contribution in [-0.2, 0) is 16.2 Å². The minimum atomic E-state index is -0.0118. The van der Waals surface area contributed by atoms with Crippen LogP contribution in [0.2, 0.25) is 0 Å². The third-order valence-electron chi connectivity index (χ3n) is 4.28. The molecule has 1 aromatic carbocycles. The summed E-state index contributed by atoms with van der Waals surface area (Å²) in [5.74, 6) is 2.15. The van der Waals surface area contributed by atoms with Gasteiger partial charge in [0, 0.05) is 5.96 Å². The second-order valence-electron chi connectivity index (χ2n) is 11.3. The van der Waals surface area contributed by atoms with E-state index in [1.54, 1.807) is 0 Å². The molecule has 1 aromatic rings. The van der Waals surface area contributed by atoms with Crippen molar-refractivity contribution >= 4 is 19.8 Å². The molecule has 0 aromatic heterocycles. The third kappa shape index (κ3) is 6.52. The van der Waals surface area contributed by atoms with Crippen LogP contribution in [0.25, 0.3) is 0 Å². The highest BCUT2D eigenvalue weighted by molar-refractivity contribution is 7.63. The first kappa shape index (κ1) is 22.4. The van der Waals surface area contributed by atoms with Gasteiger partial charge in [0.25, 0.3) is 0 Å². The maximum Gasteiger partial charge on any atom is 0.0524 e. The van der Waals surface area contributed by atoms with Crippen LogP contribution in [0.15, 0.2) is 17.1 Å². The van der Waals surface area contributed by atoms with Gasteiger partial charge in [-0.25, -0.2) is 0 Å². The molecule has 0 saturated carbocycles. The summed E-state index contributed by atoms with van der Waals surface area (Å²) in [6.45, 7) is 27.4. The molecule has 0 spiro atoms. The Morgan fingerprint density at radius 1 is 0.680 bits per heavy atom. The minimum Gasteiger partial charge on any atom is -0.287 e. The zero-order valence-corrected chi connectivity index (χ0v) is 19.7. The topological polar surface area (TPSA) is 12.4 Å². The lowest BCUT2D eigenvalue weighted by atomic mass is 9.75. The molecular formula is C23H40NP. The molecule has 25 heavy (non-hydrogen) atoms. The molecule has 1 atom stereocenters. The van der Waals surface area contributed by atoms with E-state index in [-0.39, 0.29) is 21.8 Å². The number of rotatable bonds is 2. The maximum absolute atomic E-state index is 4.76. The molecule has 1 unspecified atom stereocenters. The average molecular weight is 362 g/mol. The number of hydrogen-bond donors (Lipinski definition) is 0. The van der Waals surface area contributed by atoms with Gasteiger partial charge in [-0.15, -0.1) is 0 Å². The highest BCUT2D eigenvalue weighted by atomic mass is 31.1. The molecule has 2 heteroatoms. The molecule has 0 aliphatic carbocycles. The fourth-order valence-electron chi connectivity index (χ4n) is 2.70. The van der Waals surface area contributed by atoms with Gasteiger partial charge in [-0.1, -0.05) is 74.4 Å². The van der Waals surface area contributed by atoms with Gasteiger partial charge in [0.1, 0.15) is 0 Å². The van der Waals surface area contributed by atoms with Crippen molar-refractivity contribution in [3.05, 3.63) is 28.8 Å². The lowest BCUT2D eigenvalue weighted by molar-refractivity contribution is 0.554. The van der Waals surface area contributed by atoms with Crippen molar-refractivity contribution in [1.29, 1.82) is 0 Å². The minimum absolute atomic E-state index is 0.0118. The van der Waals surface area contributed by atoms with Crippen molar-refractivity contribution in [3.63, 3.8) is 0 Å². The zero-order chi connectivity index (χ0) is 19.8. The lowest BCUT2D eigenvalue weighted by Gasteiger charge is -2.33. The van der Waals surface area contributed by atoms with Crippen molar-refractivity contribution < 1.29 is 0 Å². The molecule has 0 N–H and O–H groups in total. The van der Waals surface area contributed by atoms with E-state index in [2.05, 4.69) is 101 Å². The summed E-state index contributed by atoms with van der Waals surface area (Å²) in [5, 5.41) is 1.49. The molecule has 1 rings (SSSR count). The second-order valence-corrected chi connectivity index (χ2v) is 12.3. The van der Waals surface area contributed by atoms with Crippen molar-refractivity contribution in [3.8, 4) is 0 Å². The van der Waals surface area contributed by atoms with Crippen LogP contribution in [-0.4, -0.2) is 11.5 Å². The van der Waals surface area contributed by atoms with E-state index in [1.807, 2.05) is 0 Å². The summed E-state index contributed by atoms with van der Waals surface area (Å²) in [4.78, 5) is 4.76. The van der Waals surface area contributed by atoms with Crippen LogP contribution < -0.4 is 5.30 Å². The molecule has 0 bridgehead atoms. The molecule has 0 aliphatic rings. The average Bonchev–Trinajstić information content (AvgIpc) is 2.33. The van der Waals surface area contributed by atoms with Crippen LogP contribution in [0.1, 0.15) is 99.8 Å². The summed E-state index contributed by atoms with van der Waals surface area (Å²) in [5.41, 5.74) is 4.78. The van der Waals surface area contributed by atoms with E-state index < -0.39 is 0 Å². The van der Waals surface area contributed by atoms with Gasteiger partial charge in [0.2, 0.25) is 0 Å². The molecule has 0 fully saturated rings. The Hall–Kier alpha value is -0.680. The van der Waals surface area contributed by atoms with E-state index in [1.165, 1.54) is 22.0 Å². The summed E-state index contributed by atoms with van der Waals surface area (Å²) < 4.78 is 0. The first-order chi connectivity index (χ1) is 10.9. The molecule has 0 saturated heterocycles. The fourth-order valence-corrected chi connectivity index (χ4v) is 4.49. The SMILES string of the molecule is CC(C)(C)N=CPc1c(C(C)(C)C)cc(C(C)(C)C)cc1C(C)(C)C. The Bertz CT molecular complexity index is 591. The molecule has 0 amide bonds. The third-order valence-corrected chi connectivity index (χ3v) is 5.37. The quantitative estimate of drug-likeness (QED) is 0.410. The summed E-state index contributed by atoms with van der Waals surface area (Å²) in [6.07, 6.45) is 0. The normalized spacial score (nSPS) is 14.9. The first-order valence-corrected chi connectivity index (χ1v) is 10.5. The van der Waals surface area contributed by atoms with Gasteiger partial charge < -0.3 is 0 Å². The van der Waals surface area contributed by atoms with Gasteiger partial charge in [-0.2, -0.15) is 0 Å². The van der Waals surface area contributed by atoms with Gasteiger partial charge in [0.15, 0.2) is 0 Å². The van der Waals surface area contributed by atoms with Crippen molar-refractivity contribution in [2.24, 2.45) is 4.99 Å². The van der Waals surface area contributed by atoms with E-state index >= 15 is 0 Å². The van der Waals surface area contributed by atoms with E-state index in [0.29, 0.717) is 8.58 Å². The standard InChI is InChI=1S/C23H40NP/c1-20(2,3)16-13-17(21(4,5)6)19(18(14-16)22(7,8)9)25-15-24-23(10,11)12/h13-15,25H,1-12H3. The molecule has 142 valence electrons. The number of nitrogens with zero attached hydrogens (tertiary/aromatic N) is 1. The monoisotopic (exact) mass is 361 g/mol. The fraction of sp³-hybridized carbons (Fsp3) is 0.696. The molecule has 0 heterocycles. The first-order valence-electron chi connectivity index (χ1n) is 9.43. The maximum atomic E-state index is 4.76. The number of aliphatic imine (C=N–C) groups is 1. The Morgan fingerprint density at radius 3 is 1.36 bits per heavy atom. The van der Waals surface area contributed by atoms with Gasteiger partial charge in [-0.3, -0.25) is 4.99 Å². The summed E-state index contributed by atoms with van der Waals surface area (Å²) in [7, 11) is 0.611. The summed E-state index contributed by atoms with van der Waals surface area (Å²) >= 11 is 0. The van der Waals surface area contributed by atoms with Gasteiger partial charge in [-0.05, 0) is 67.6 Å². The Balaban J connectivity index is 3.68. The van der Waals surface area contributed by atoms with E-state index in [4.69, 9.17) is 4.99 Å². The van der Waals surface area contributed by atoms with Crippen molar-refractivity contribution in [1.82, 2.24) is 0 Å².